The highest BCUT2D eigenvalue weighted by atomic mass is 35.5. The first-order valence-electron chi connectivity index (χ1n) is 8.24. The Hall–Kier alpha value is -1.02. The van der Waals surface area contributed by atoms with E-state index in [1.807, 2.05) is 0 Å². The maximum Gasteiger partial charge on any atom is 0.111 e. The number of alkyl halides is 1. The quantitative estimate of drug-likeness (QED) is 0.576. The van der Waals surface area contributed by atoms with Gasteiger partial charge in [-0.25, -0.2) is 4.98 Å². The molecule has 0 fully saturated rings. The Balaban J connectivity index is 2.48. The molecule has 1 aromatic carbocycles. The summed E-state index contributed by atoms with van der Waals surface area (Å²) in [7, 11) is 0. The highest BCUT2D eigenvalue weighted by molar-refractivity contribution is 6.17. The van der Waals surface area contributed by atoms with E-state index in [-0.39, 0.29) is 0 Å². The summed E-state index contributed by atoms with van der Waals surface area (Å²) >= 11 is 6.00. The van der Waals surface area contributed by atoms with Crippen molar-refractivity contribution in [2.24, 2.45) is 0 Å². The average molecular weight is 307 g/mol. The number of hydrogen-bond donors (Lipinski definition) is 0. The number of imidazole rings is 1. The Kier molecular flexibility index (Phi) is 6.10. The molecule has 21 heavy (non-hydrogen) atoms. The Labute approximate surface area is 133 Å². The summed E-state index contributed by atoms with van der Waals surface area (Å²) in [4.78, 5) is 4.85. The lowest BCUT2D eigenvalue weighted by Gasteiger charge is -2.21. The molecule has 0 bridgehead atoms. The topological polar surface area (TPSA) is 17.8 Å². The lowest BCUT2D eigenvalue weighted by molar-refractivity contribution is 0.415. The van der Waals surface area contributed by atoms with Crippen LogP contribution in [0.4, 0.5) is 0 Å². The monoisotopic (exact) mass is 306 g/mol. The molecule has 2 nitrogen and oxygen atoms in total. The predicted molar refractivity (Wildman–Crippen MR) is 92.4 cm³/mol. The van der Waals surface area contributed by atoms with Gasteiger partial charge in [-0.2, -0.15) is 0 Å². The fraction of sp³-hybridized carbons (Fsp3) is 0.611. The van der Waals surface area contributed by atoms with Crippen LogP contribution in [-0.2, 0) is 6.42 Å². The summed E-state index contributed by atoms with van der Waals surface area (Å²) in [6.07, 6.45) is 7.03. The maximum atomic E-state index is 6.00. The van der Waals surface area contributed by atoms with E-state index in [0.717, 1.165) is 17.8 Å². The van der Waals surface area contributed by atoms with Crippen molar-refractivity contribution in [3.63, 3.8) is 0 Å². The van der Waals surface area contributed by atoms with Crippen LogP contribution in [-0.4, -0.2) is 15.4 Å². The van der Waals surface area contributed by atoms with Crippen LogP contribution >= 0.6 is 11.6 Å². The number of aryl methyl sites for hydroxylation is 2. The molecule has 0 aliphatic carbocycles. The average Bonchev–Trinajstić information content (AvgIpc) is 2.81. The van der Waals surface area contributed by atoms with Crippen molar-refractivity contribution >= 4 is 22.6 Å². The van der Waals surface area contributed by atoms with Crippen molar-refractivity contribution in [3.05, 3.63) is 29.6 Å². The molecular formula is C18H27ClN2. The first-order chi connectivity index (χ1) is 10.2. The van der Waals surface area contributed by atoms with E-state index < -0.39 is 0 Å². The van der Waals surface area contributed by atoms with E-state index in [1.165, 1.54) is 43.2 Å². The largest absolute Gasteiger partial charge is 0.325 e. The number of benzene rings is 1. The zero-order valence-electron chi connectivity index (χ0n) is 13.5. The minimum absolute atomic E-state index is 0.556. The first kappa shape index (κ1) is 16.4. The van der Waals surface area contributed by atoms with E-state index >= 15 is 0 Å². The molecule has 116 valence electrons. The third-order valence-corrected chi connectivity index (χ3v) is 4.30. The molecule has 1 atom stereocenters. The molecular weight excluding hydrogens is 280 g/mol. The number of halogens is 1. The molecule has 0 aliphatic rings. The summed E-state index contributed by atoms with van der Waals surface area (Å²) < 4.78 is 2.47. The third kappa shape index (κ3) is 3.79. The predicted octanol–water partition coefficient (Wildman–Crippen LogP) is 5.66. The summed E-state index contributed by atoms with van der Waals surface area (Å²) in [5.74, 6) is 1.79. The first-order valence-corrected chi connectivity index (χ1v) is 8.78. The van der Waals surface area contributed by atoms with Gasteiger partial charge in [-0.05, 0) is 37.5 Å². The molecule has 0 amide bonds. The number of hydrogen-bond acceptors (Lipinski definition) is 1. The molecule has 0 spiro atoms. The van der Waals surface area contributed by atoms with Gasteiger partial charge in [-0.3, -0.25) is 0 Å². The highest BCUT2D eigenvalue weighted by Gasteiger charge is 2.18. The van der Waals surface area contributed by atoms with Crippen LogP contribution in [0, 0.1) is 6.92 Å². The molecule has 1 heterocycles. The van der Waals surface area contributed by atoms with Gasteiger partial charge in [0.15, 0.2) is 0 Å². The lowest BCUT2D eigenvalue weighted by Crippen LogP contribution is -2.13. The van der Waals surface area contributed by atoms with Gasteiger partial charge in [0.1, 0.15) is 5.82 Å². The van der Waals surface area contributed by atoms with Crippen LogP contribution in [0.5, 0.6) is 0 Å². The smallest absolute Gasteiger partial charge is 0.111 e. The second-order valence-corrected chi connectivity index (χ2v) is 6.29. The van der Waals surface area contributed by atoms with Gasteiger partial charge in [0.2, 0.25) is 0 Å². The van der Waals surface area contributed by atoms with Gasteiger partial charge in [0, 0.05) is 18.3 Å². The zero-order valence-corrected chi connectivity index (χ0v) is 14.3. The second kappa shape index (κ2) is 7.84. The number of unbranched alkanes of at least 4 members (excludes halogenated alkanes) is 1. The molecule has 0 saturated carbocycles. The van der Waals surface area contributed by atoms with E-state index in [2.05, 4.69) is 43.5 Å². The fourth-order valence-corrected chi connectivity index (χ4v) is 3.27. The Morgan fingerprint density at radius 3 is 2.67 bits per heavy atom. The maximum absolute atomic E-state index is 6.00. The molecule has 2 rings (SSSR count). The zero-order chi connectivity index (χ0) is 15.2. The van der Waals surface area contributed by atoms with Crippen LogP contribution in [0.3, 0.4) is 0 Å². The molecule has 0 radical (unpaired) electrons. The lowest BCUT2D eigenvalue weighted by atomic mass is 10.0. The van der Waals surface area contributed by atoms with Crippen molar-refractivity contribution in [3.8, 4) is 0 Å². The SMILES string of the molecule is CCCCC(CCC)n1c(CCCl)nc2cc(C)ccc21. The van der Waals surface area contributed by atoms with E-state index in [1.54, 1.807) is 0 Å². The Morgan fingerprint density at radius 2 is 2.00 bits per heavy atom. The molecule has 1 unspecified atom stereocenters. The van der Waals surface area contributed by atoms with Gasteiger partial charge < -0.3 is 4.57 Å². The van der Waals surface area contributed by atoms with Gasteiger partial charge in [0.25, 0.3) is 0 Å². The minimum Gasteiger partial charge on any atom is -0.325 e. The van der Waals surface area contributed by atoms with Crippen LogP contribution in [0.2, 0.25) is 0 Å². The van der Waals surface area contributed by atoms with Crippen LogP contribution in [0.1, 0.15) is 63.4 Å². The molecule has 1 aromatic heterocycles. The number of rotatable bonds is 8. The summed E-state index contributed by atoms with van der Waals surface area (Å²) in [5.41, 5.74) is 3.66. The minimum atomic E-state index is 0.556. The summed E-state index contributed by atoms with van der Waals surface area (Å²) in [5, 5.41) is 0. The van der Waals surface area contributed by atoms with Gasteiger partial charge in [-0.15, -0.1) is 11.6 Å². The molecule has 0 saturated heterocycles. The Morgan fingerprint density at radius 1 is 1.19 bits per heavy atom. The molecule has 0 N–H and O–H groups in total. The summed E-state index contributed by atoms with van der Waals surface area (Å²) in [6.45, 7) is 6.65. The summed E-state index contributed by atoms with van der Waals surface area (Å²) in [6, 6.07) is 7.16. The fourth-order valence-electron chi connectivity index (χ4n) is 3.10. The van der Waals surface area contributed by atoms with Gasteiger partial charge in [-0.1, -0.05) is 39.2 Å². The van der Waals surface area contributed by atoms with Crippen LogP contribution in [0.25, 0.3) is 11.0 Å². The number of fused-ring (bicyclic) bond motifs is 1. The van der Waals surface area contributed by atoms with Crippen LogP contribution in [0.15, 0.2) is 18.2 Å². The highest BCUT2D eigenvalue weighted by Crippen LogP contribution is 2.29. The van der Waals surface area contributed by atoms with Crippen molar-refractivity contribution in [1.82, 2.24) is 9.55 Å². The van der Waals surface area contributed by atoms with Crippen molar-refractivity contribution in [1.29, 1.82) is 0 Å². The van der Waals surface area contributed by atoms with Crippen LogP contribution < -0.4 is 0 Å². The normalized spacial score (nSPS) is 13.0. The van der Waals surface area contributed by atoms with E-state index in [9.17, 15) is 0 Å². The Bertz CT molecular complexity index is 574. The van der Waals surface area contributed by atoms with Gasteiger partial charge in [0.05, 0.1) is 11.0 Å². The van der Waals surface area contributed by atoms with Gasteiger partial charge >= 0.3 is 0 Å². The molecule has 0 aliphatic heterocycles. The van der Waals surface area contributed by atoms with Crippen molar-refractivity contribution in [2.75, 3.05) is 5.88 Å². The molecule has 3 heteroatoms. The number of nitrogens with zero attached hydrogens (tertiary/aromatic N) is 2. The van der Waals surface area contributed by atoms with Crippen molar-refractivity contribution in [2.45, 2.75) is 65.3 Å². The van der Waals surface area contributed by atoms with E-state index in [0.29, 0.717) is 11.9 Å². The van der Waals surface area contributed by atoms with Crippen molar-refractivity contribution < 1.29 is 0 Å². The standard InChI is InChI=1S/C18H27ClN2/c1-4-6-8-15(7-5-2)21-17-10-9-14(3)13-16(17)20-18(21)11-12-19/h9-10,13,15H,4-8,11-12H2,1-3H3. The molecule has 2 aromatic rings. The van der Waals surface area contributed by atoms with E-state index in [4.69, 9.17) is 16.6 Å². The third-order valence-electron chi connectivity index (χ3n) is 4.11. The number of aromatic nitrogens is 2. The second-order valence-electron chi connectivity index (χ2n) is 5.91.